The Labute approximate surface area is 153 Å². The lowest BCUT2D eigenvalue weighted by atomic mass is 10.2. The minimum atomic E-state index is -0.854. The van der Waals surface area contributed by atoms with E-state index in [9.17, 15) is 9.59 Å². The molecule has 126 valence electrons. The van der Waals surface area contributed by atoms with Gasteiger partial charge in [-0.15, -0.1) is 0 Å². The SMILES string of the molecule is CC(Oc1ccc(Cl)c(Cl)c1)C(=O)NNC(=O)c1ccc(Cl)cc1. The molecule has 0 fully saturated rings. The topological polar surface area (TPSA) is 67.4 Å². The van der Waals surface area contributed by atoms with E-state index in [1.807, 2.05) is 0 Å². The van der Waals surface area contributed by atoms with Crippen molar-refractivity contribution in [1.82, 2.24) is 10.9 Å². The lowest BCUT2D eigenvalue weighted by molar-refractivity contribution is -0.128. The maximum Gasteiger partial charge on any atom is 0.279 e. The smallest absolute Gasteiger partial charge is 0.279 e. The Bertz CT molecular complexity index is 751. The van der Waals surface area contributed by atoms with Crippen LogP contribution in [0.4, 0.5) is 0 Å². The molecule has 0 spiro atoms. The molecule has 2 aromatic rings. The molecule has 2 N–H and O–H groups in total. The van der Waals surface area contributed by atoms with Crippen LogP contribution in [0.2, 0.25) is 15.1 Å². The third kappa shape index (κ3) is 5.03. The number of carbonyl (C=O) groups is 2. The van der Waals surface area contributed by atoms with E-state index in [0.717, 1.165) is 0 Å². The second-order valence-electron chi connectivity index (χ2n) is 4.79. The molecule has 8 heteroatoms. The molecule has 1 atom stereocenters. The summed E-state index contributed by atoms with van der Waals surface area (Å²) in [5.74, 6) is -0.610. The standard InChI is InChI=1S/C16H13Cl3N2O3/c1-9(24-12-6-7-13(18)14(19)8-12)15(22)20-21-16(23)10-2-4-11(17)5-3-10/h2-9H,1H3,(H,20,22)(H,21,23). The average molecular weight is 388 g/mol. The first-order valence-corrected chi connectivity index (χ1v) is 7.97. The number of halogens is 3. The number of rotatable bonds is 4. The summed E-state index contributed by atoms with van der Waals surface area (Å²) in [6, 6.07) is 10.9. The zero-order valence-corrected chi connectivity index (χ0v) is 14.7. The summed E-state index contributed by atoms with van der Waals surface area (Å²) in [6.07, 6.45) is -0.854. The molecular formula is C16H13Cl3N2O3. The first-order valence-electron chi connectivity index (χ1n) is 6.84. The molecular weight excluding hydrogens is 375 g/mol. The number of hydrogen-bond donors (Lipinski definition) is 2. The summed E-state index contributed by atoms with van der Waals surface area (Å²) >= 11 is 17.4. The lowest BCUT2D eigenvalue weighted by Gasteiger charge is -2.15. The lowest BCUT2D eigenvalue weighted by Crippen LogP contribution is -2.47. The highest BCUT2D eigenvalue weighted by Gasteiger charge is 2.16. The number of benzene rings is 2. The molecule has 0 saturated carbocycles. The van der Waals surface area contributed by atoms with Crippen LogP contribution >= 0.6 is 34.8 Å². The van der Waals surface area contributed by atoms with Gasteiger partial charge >= 0.3 is 0 Å². The molecule has 5 nitrogen and oxygen atoms in total. The highest BCUT2D eigenvalue weighted by atomic mass is 35.5. The van der Waals surface area contributed by atoms with Crippen LogP contribution in [0, 0.1) is 0 Å². The van der Waals surface area contributed by atoms with Gasteiger partial charge in [0.15, 0.2) is 6.10 Å². The Balaban J connectivity index is 1.88. The average Bonchev–Trinajstić information content (AvgIpc) is 2.56. The number of amides is 2. The number of nitrogens with one attached hydrogen (secondary N) is 2. The molecule has 0 heterocycles. The molecule has 0 bridgehead atoms. The summed E-state index contributed by atoms with van der Waals surface area (Å²) in [4.78, 5) is 23.8. The molecule has 0 aliphatic heterocycles. The van der Waals surface area contributed by atoms with Crippen molar-refractivity contribution in [2.75, 3.05) is 0 Å². The predicted molar refractivity (Wildman–Crippen MR) is 93.6 cm³/mol. The van der Waals surface area contributed by atoms with Crippen LogP contribution in [-0.2, 0) is 4.79 Å². The van der Waals surface area contributed by atoms with E-state index in [2.05, 4.69) is 10.9 Å². The van der Waals surface area contributed by atoms with Gasteiger partial charge in [0.05, 0.1) is 10.0 Å². The maximum absolute atomic E-state index is 12.0. The Morgan fingerprint density at radius 1 is 0.958 bits per heavy atom. The van der Waals surface area contributed by atoms with Gasteiger partial charge in [-0.3, -0.25) is 20.4 Å². The molecule has 2 rings (SSSR count). The van der Waals surface area contributed by atoms with Gasteiger partial charge in [-0.05, 0) is 43.3 Å². The van der Waals surface area contributed by atoms with Crippen molar-refractivity contribution in [2.24, 2.45) is 0 Å². The van der Waals surface area contributed by atoms with Crippen molar-refractivity contribution >= 4 is 46.6 Å². The fraction of sp³-hybridized carbons (Fsp3) is 0.125. The maximum atomic E-state index is 12.0. The van der Waals surface area contributed by atoms with Crippen molar-refractivity contribution in [3.05, 3.63) is 63.1 Å². The third-order valence-electron chi connectivity index (χ3n) is 2.98. The Hall–Kier alpha value is -1.95. The Morgan fingerprint density at radius 2 is 1.62 bits per heavy atom. The first kappa shape index (κ1) is 18.4. The number of carbonyl (C=O) groups excluding carboxylic acids is 2. The molecule has 2 amide bonds. The van der Waals surface area contributed by atoms with Gasteiger partial charge in [0.1, 0.15) is 5.75 Å². The third-order valence-corrected chi connectivity index (χ3v) is 3.97. The zero-order valence-electron chi connectivity index (χ0n) is 12.5. The molecule has 0 aliphatic rings. The van der Waals surface area contributed by atoms with Gasteiger partial charge < -0.3 is 4.74 Å². The van der Waals surface area contributed by atoms with Crippen molar-refractivity contribution < 1.29 is 14.3 Å². The summed E-state index contributed by atoms with van der Waals surface area (Å²) < 4.78 is 5.44. The molecule has 0 aromatic heterocycles. The van der Waals surface area contributed by atoms with Crippen molar-refractivity contribution in [1.29, 1.82) is 0 Å². The second-order valence-corrected chi connectivity index (χ2v) is 6.04. The fourth-order valence-corrected chi connectivity index (χ4v) is 2.12. The summed E-state index contributed by atoms with van der Waals surface area (Å²) in [6.45, 7) is 1.53. The quantitative estimate of drug-likeness (QED) is 0.783. The van der Waals surface area contributed by atoms with Crippen molar-refractivity contribution in [2.45, 2.75) is 13.0 Å². The molecule has 1 unspecified atom stereocenters. The van der Waals surface area contributed by atoms with E-state index in [-0.39, 0.29) is 0 Å². The van der Waals surface area contributed by atoms with Gasteiger partial charge in [-0.1, -0.05) is 34.8 Å². The first-order chi connectivity index (χ1) is 11.4. The monoisotopic (exact) mass is 386 g/mol. The van der Waals surface area contributed by atoms with Gasteiger partial charge in [0.2, 0.25) is 0 Å². The minimum absolute atomic E-state index is 0.317. The number of ether oxygens (including phenoxy) is 1. The van der Waals surface area contributed by atoms with Crippen LogP contribution in [0.15, 0.2) is 42.5 Å². The number of hydrazine groups is 1. The van der Waals surface area contributed by atoms with Gasteiger partial charge in [-0.2, -0.15) is 0 Å². The van der Waals surface area contributed by atoms with Gasteiger partial charge in [0, 0.05) is 16.7 Å². The van der Waals surface area contributed by atoms with Crippen LogP contribution in [0.5, 0.6) is 5.75 Å². The Kier molecular flexibility index (Phi) is 6.31. The van der Waals surface area contributed by atoms with Crippen LogP contribution in [0.25, 0.3) is 0 Å². The normalized spacial score (nSPS) is 11.5. The van der Waals surface area contributed by atoms with Crippen LogP contribution in [-0.4, -0.2) is 17.9 Å². The molecule has 2 aromatic carbocycles. The highest BCUT2D eigenvalue weighted by molar-refractivity contribution is 6.42. The largest absolute Gasteiger partial charge is 0.481 e. The zero-order chi connectivity index (χ0) is 17.7. The molecule has 0 aliphatic carbocycles. The summed E-state index contributed by atoms with van der Waals surface area (Å²) in [5, 5.41) is 1.22. The number of hydrogen-bond acceptors (Lipinski definition) is 3. The summed E-state index contributed by atoms with van der Waals surface area (Å²) in [5.41, 5.74) is 4.94. The second kappa shape index (κ2) is 8.24. The van der Waals surface area contributed by atoms with Gasteiger partial charge in [-0.25, -0.2) is 0 Å². The Morgan fingerprint density at radius 3 is 2.25 bits per heavy atom. The van der Waals surface area contributed by atoms with Crippen LogP contribution < -0.4 is 15.6 Å². The van der Waals surface area contributed by atoms with E-state index in [1.54, 1.807) is 36.4 Å². The minimum Gasteiger partial charge on any atom is -0.481 e. The highest BCUT2D eigenvalue weighted by Crippen LogP contribution is 2.26. The van der Waals surface area contributed by atoms with Crippen LogP contribution in [0.1, 0.15) is 17.3 Å². The predicted octanol–water partition coefficient (Wildman–Crippen LogP) is 3.88. The van der Waals surface area contributed by atoms with Gasteiger partial charge in [0.25, 0.3) is 11.8 Å². The molecule has 0 saturated heterocycles. The van der Waals surface area contributed by atoms with Crippen molar-refractivity contribution in [3.63, 3.8) is 0 Å². The van der Waals surface area contributed by atoms with E-state index in [0.29, 0.717) is 26.4 Å². The van der Waals surface area contributed by atoms with E-state index >= 15 is 0 Å². The van der Waals surface area contributed by atoms with E-state index < -0.39 is 17.9 Å². The fourth-order valence-electron chi connectivity index (χ4n) is 1.70. The molecule has 24 heavy (non-hydrogen) atoms. The van der Waals surface area contributed by atoms with Crippen molar-refractivity contribution in [3.8, 4) is 5.75 Å². The summed E-state index contributed by atoms with van der Waals surface area (Å²) in [7, 11) is 0. The van der Waals surface area contributed by atoms with Crippen LogP contribution in [0.3, 0.4) is 0 Å². The van der Waals surface area contributed by atoms with E-state index in [1.165, 1.54) is 13.0 Å². The van der Waals surface area contributed by atoms with E-state index in [4.69, 9.17) is 39.5 Å². The molecule has 0 radical (unpaired) electrons.